The summed E-state index contributed by atoms with van der Waals surface area (Å²) in [4.78, 5) is -0.719. The van der Waals surface area contributed by atoms with Crippen molar-refractivity contribution in [3.63, 3.8) is 0 Å². The van der Waals surface area contributed by atoms with Crippen molar-refractivity contribution < 1.29 is 17.2 Å². The number of rotatable bonds is 4. The van der Waals surface area contributed by atoms with Crippen molar-refractivity contribution >= 4 is 21.6 Å². The fraction of sp³-hybridized carbons (Fsp3) is 0.333. The molecule has 90 valence electrons. The second kappa shape index (κ2) is 5.07. The van der Waals surface area contributed by atoms with Crippen molar-refractivity contribution in [3.05, 3.63) is 28.8 Å². The van der Waals surface area contributed by atoms with Gasteiger partial charge in [0.2, 0.25) is 10.0 Å². The van der Waals surface area contributed by atoms with E-state index in [9.17, 15) is 17.2 Å². The fourth-order valence-corrected chi connectivity index (χ4v) is 2.84. The van der Waals surface area contributed by atoms with Gasteiger partial charge in [0.25, 0.3) is 0 Å². The van der Waals surface area contributed by atoms with Crippen LogP contribution in [0.5, 0.6) is 0 Å². The molecule has 7 heteroatoms. The van der Waals surface area contributed by atoms with Crippen molar-refractivity contribution in [3.8, 4) is 0 Å². The van der Waals surface area contributed by atoms with Gasteiger partial charge in [-0.2, -0.15) is 0 Å². The molecule has 0 heterocycles. The highest BCUT2D eigenvalue weighted by atomic mass is 35.5. The van der Waals surface area contributed by atoms with Crippen LogP contribution in [0, 0.1) is 11.6 Å². The Balaban J connectivity index is 3.23. The summed E-state index contributed by atoms with van der Waals surface area (Å²) in [6, 6.07) is 1.23. The molecule has 0 aliphatic carbocycles. The van der Waals surface area contributed by atoms with Crippen LogP contribution in [0.4, 0.5) is 8.78 Å². The lowest BCUT2D eigenvalue weighted by Crippen LogP contribution is -2.25. The number of nitrogens with one attached hydrogen (secondary N) is 1. The average Bonchev–Trinajstić information content (AvgIpc) is 2.12. The van der Waals surface area contributed by atoms with Crippen LogP contribution in [0.2, 0.25) is 5.02 Å². The number of halogens is 3. The molecule has 0 aromatic heterocycles. The monoisotopic (exact) mass is 269 g/mol. The van der Waals surface area contributed by atoms with Crippen LogP contribution in [-0.2, 0) is 10.0 Å². The Morgan fingerprint density at radius 3 is 2.50 bits per heavy atom. The molecule has 0 unspecified atom stereocenters. The first-order valence-electron chi connectivity index (χ1n) is 4.52. The topological polar surface area (TPSA) is 46.2 Å². The molecule has 0 aliphatic heterocycles. The number of hydrogen-bond acceptors (Lipinski definition) is 2. The molecule has 0 amide bonds. The van der Waals surface area contributed by atoms with E-state index in [-0.39, 0.29) is 6.54 Å². The Hall–Kier alpha value is -0.720. The van der Waals surface area contributed by atoms with Crippen molar-refractivity contribution in [2.45, 2.75) is 18.2 Å². The maximum atomic E-state index is 13.3. The zero-order valence-electron chi connectivity index (χ0n) is 8.43. The Morgan fingerprint density at radius 1 is 1.38 bits per heavy atom. The van der Waals surface area contributed by atoms with Gasteiger partial charge in [0, 0.05) is 12.6 Å². The molecule has 1 rings (SSSR count). The van der Waals surface area contributed by atoms with Crippen LogP contribution >= 0.6 is 11.6 Å². The van der Waals surface area contributed by atoms with Gasteiger partial charge in [-0.1, -0.05) is 18.5 Å². The average molecular weight is 270 g/mol. The lowest BCUT2D eigenvalue weighted by Gasteiger charge is -2.08. The molecule has 0 radical (unpaired) electrons. The lowest BCUT2D eigenvalue weighted by atomic mass is 10.3. The molecular weight excluding hydrogens is 260 g/mol. The Bertz CT molecular complexity index is 467. The van der Waals surface area contributed by atoms with E-state index >= 15 is 0 Å². The minimum absolute atomic E-state index is 0.162. The van der Waals surface area contributed by atoms with Crippen molar-refractivity contribution in [2.75, 3.05) is 6.54 Å². The molecule has 3 nitrogen and oxygen atoms in total. The van der Waals surface area contributed by atoms with Gasteiger partial charge in [-0.3, -0.25) is 0 Å². The lowest BCUT2D eigenvalue weighted by molar-refractivity contribution is 0.543. The van der Waals surface area contributed by atoms with Crippen LogP contribution in [0.1, 0.15) is 13.3 Å². The third-order valence-corrected chi connectivity index (χ3v) is 3.72. The van der Waals surface area contributed by atoms with Crippen LogP contribution in [0.25, 0.3) is 0 Å². The summed E-state index contributed by atoms with van der Waals surface area (Å²) in [6.07, 6.45) is 0.555. The minimum Gasteiger partial charge on any atom is -0.211 e. The minimum atomic E-state index is -4.02. The van der Waals surface area contributed by atoms with Gasteiger partial charge in [-0.05, 0) is 12.5 Å². The summed E-state index contributed by atoms with van der Waals surface area (Å²) in [5, 5.41) is -0.471. The van der Waals surface area contributed by atoms with Crippen LogP contribution in [0.3, 0.4) is 0 Å². The fourth-order valence-electron chi connectivity index (χ4n) is 1.09. The third kappa shape index (κ3) is 2.90. The van der Waals surface area contributed by atoms with E-state index in [1.165, 1.54) is 0 Å². The van der Waals surface area contributed by atoms with Gasteiger partial charge in [0.15, 0.2) is 0 Å². The zero-order valence-corrected chi connectivity index (χ0v) is 10.00. The van der Waals surface area contributed by atoms with Gasteiger partial charge < -0.3 is 0 Å². The molecule has 0 bridgehead atoms. The van der Waals surface area contributed by atoms with E-state index in [0.717, 1.165) is 6.07 Å². The highest BCUT2D eigenvalue weighted by molar-refractivity contribution is 7.89. The number of hydrogen-bond donors (Lipinski definition) is 1. The molecule has 1 aromatic carbocycles. The normalized spacial score (nSPS) is 11.8. The highest BCUT2D eigenvalue weighted by Gasteiger charge is 2.23. The smallest absolute Gasteiger partial charge is 0.211 e. The third-order valence-electron chi connectivity index (χ3n) is 1.77. The SMILES string of the molecule is CCCNS(=O)(=O)c1c(F)cc(F)cc1Cl. The van der Waals surface area contributed by atoms with Gasteiger partial charge in [0.1, 0.15) is 16.5 Å². The summed E-state index contributed by atoms with van der Waals surface area (Å²) in [6.45, 7) is 1.92. The van der Waals surface area contributed by atoms with Gasteiger partial charge in [-0.15, -0.1) is 0 Å². The van der Waals surface area contributed by atoms with Gasteiger partial charge >= 0.3 is 0 Å². The van der Waals surface area contributed by atoms with Crippen LogP contribution in [0.15, 0.2) is 17.0 Å². The molecule has 0 atom stereocenters. The van der Waals surface area contributed by atoms with E-state index in [0.29, 0.717) is 12.5 Å². The molecule has 0 aliphatic rings. The summed E-state index contributed by atoms with van der Waals surface area (Å²) < 4.78 is 51.3. The van der Waals surface area contributed by atoms with Crippen molar-refractivity contribution in [1.82, 2.24) is 4.72 Å². The maximum Gasteiger partial charge on any atom is 0.244 e. The van der Waals surface area contributed by atoms with Gasteiger partial charge in [-0.25, -0.2) is 21.9 Å². The summed E-state index contributed by atoms with van der Waals surface area (Å²) >= 11 is 5.50. The highest BCUT2D eigenvalue weighted by Crippen LogP contribution is 2.25. The quantitative estimate of drug-likeness (QED) is 0.912. The van der Waals surface area contributed by atoms with E-state index in [4.69, 9.17) is 11.6 Å². The molecule has 0 saturated heterocycles. The first-order valence-corrected chi connectivity index (χ1v) is 6.39. The molecule has 0 saturated carbocycles. The molecule has 0 spiro atoms. The Kier molecular flexibility index (Phi) is 4.23. The molecule has 1 aromatic rings. The predicted molar refractivity (Wildman–Crippen MR) is 56.8 cm³/mol. The van der Waals surface area contributed by atoms with E-state index in [2.05, 4.69) is 4.72 Å². The zero-order chi connectivity index (χ0) is 12.3. The largest absolute Gasteiger partial charge is 0.244 e. The Morgan fingerprint density at radius 2 is 2.00 bits per heavy atom. The summed E-state index contributed by atoms with van der Waals surface area (Å²) in [7, 11) is -4.02. The first-order chi connectivity index (χ1) is 7.38. The number of sulfonamides is 1. The van der Waals surface area contributed by atoms with E-state index in [1.807, 2.05) is 0 Å². The van der Waals surface area contributed by atoms with E-state index < -0.39 is 31.6 Å². The predicted octanol–water partition coefficient (Wildman–Crippen LogP) is 2.31. The van der Waals surface area contributed by atoms with Crippen LogP contribution < -0.4 is 4.72 Å². The molecule has 0 fully saturated rings. The van der Waals surface area contributed by atoms with Crippen molar-refractivity contribution in [2.24, 2.45) is 0 Å². The van der Waals surface area contributed by atoms with E-state index in [1.54, 1.807) is 6.92 Å². The standard InChI is InChI=1S/C9H10ClF2NO2S/c1-2-3-13-16(14,15)9-7(10)4-6(11)5-8(9)12/h4-5,13H,2-3H2,1H3. The van der Waals surface area contributed by atoms with Gasteiger partial charge in [0.05, 0.1) is 5.02 Å². The molecular formula is C9H10ClF2NO2S. The van der Waals surface area contributed by atoms with Crippen molar-refractivity contribution in [1.29, 1.82) is 0 Å². The Labute approximate surface area is 97.5 Å². The number of benzene rings is 1. The first kappa shape index (κ1) is 13.3. The second-order valence-electron chi connectivity index (χ2n) is 3.10. The molecule has 1 N–H and O–H groups in total. The summed E-state index contributed by atoms with van der Waals surface area (Å²) in [5.74, 6) is -2.12. The van der Waals surface area contributed by atoms with Crippen LogP contribution in [-0.4, -0.2) is 15.0 Å². The summed E-state index contributed by atoms with van der Waals surface area (Å²) in [5.41, 5.74) is 0. The second-order valence-corrected chi connectivity index (χ2v) is 5.21. The molecule has 16 heavy (non-hydrogen) atoms. The maximum absolute atomic E-state index is 13.3.